The lowest BCUT2D eigenvalue weighted by Crippen LogP contribution is -2.62. The van der Waals surface area contributed by atoms with E-state index in [2.05, 4.69) is 5.32 Å². The van der Waals surface area contributed by atoms with Crippen LogP contribution in [-0.2, 0) is 4.79 Å². The van der Waals surface area contributed by atoms with Crippen LogP contribution in [0.2, 0.25) is 0 Å². The number of hydrogen-bond donors (Lipinski definition) is 3. The van der Waals surface area contributed by atoms with Crippen LogP contribution in [-0.4, -0.2) is 51.8 Å². The van der Waals surface area contributed by atoms with E-state index in [0.29, 0.717) is 19.4 Å². The first-order valence-electron chi connectivity index (χ1n) is 7.02. The van der Waals surface area contributed by atoms with Crippen LogP contribution in [0.15, 0.2) is 0 Å². The Morgan fingerprint density at radius 2 is 1.95 bits per heavy atom. The Bertz CT molecular complexity index is 355. The predicted molar refractivity (Wildman–Crippen MR) is 68.8 cm³/mol. The molecule has 0 aromatic rings. The lowest BCUT2D eigenvalue weighted by atomic mass is 9.77. The van der Waals surface area contributed by atoms with Crippen LogP contribution in [0.3, 0.4) is 0 Å². The standard InChI is InChI=1S/C13H22N2O4/c16-9-10-5-2-1-3-8-15(10)12(19)14-13(11(17)18)6-4-7-13/h10,16H,1-9H2,(H,14,19)(H,17,18). The lowest BCUT2D eigenvalue weighted by molar-refractivity contribution is -0.148. The summed E-state index contributed by atoms with van der Waals surface area (Å²) >= 11 is 0. The molecule has 6 heteroatoms. The van der Waals surface area contributed by atoms with Crippen molar-refractivity contribution in [2.45, 2.75) is 56.5 Å². The first-order chi connectivity index (χ1) is 9.09. The van der Waals surface area contributed by atoms with Gasteiger partial charge < -0.3 is 20.4 Å². The van der Waals surface area contributed by atoms with Crippen molar-refractivity contribution in [3.63, 3.8) is 0 Å². The predicted octanol–water partition coefficient (Wildman–Crippen LogP) is 0.940. The molecule has 2 rings (SSSR count). The molecule has 6 nitrogen and oxygen atoms in total. The molecule has 1 unspecified atom stereocenters. The van der Waals surface area contributed by atoms with Crippen LogP contribution in [0.1, 0.15) is 44.9 Å². The second-order valence-corrected chi connectivity index (χ2v) is 5.55. The summed E-state index contributed by atoms with van der Waals surface area (Å²) in [6.45, 7) is 0.528. The Labute approximate surface area is 112 Å². The number of urea groups is 1. The maximum absolute atomic E-state index is 12.3. The highest BCUT2D eigenvalue weighted by Gasteiger charge is 2.46. The van der Waals surface area contributed by atoms with E-state index in [9.17, 15) is 19.8 Å². The average Bonchev–Trinajstić information content (AvgIpc) is 2.57. The summed E-state index contributed by atoms with van der Waals surface area (Å²) < 4.78 is 0. The Balaban J connectivity index is 2.02. The number of carbonyl (C=O) groups is 2. The molecule has 1 atom stereocenters. The normalized spacial score (nSPS) is 26.2. The first-order valence-corrected chi connectivity index (χ1v) is 7.02. The molecular weight excluding hydrogens is 248 g/mol. The third-order valence-electron chi connectivity index (χ3n) is 4.31. The fraction of sp³-hybridized carbons (Fsp3) is 0.846. The molecule has 0 spiro atoms. The van der Waals surface area contributed by atoms with Gasteiger partial charge in [0.25, 0.3) is 0 Å². The molecule has 2 amide bonds. The van der Waals surface area contributed by atoms with E-state index in [1.165, 1.54) is 0 Å². The topological polar surface area (TPSA) is 89.9 Å². The zero-order chi connectivity index (χ0) is 13.9. The van der Waals surface area contributed by atoms with Gasteiger partial charge in [-0.25, -0.2) is 9.59 Å². The van der Waals surface area contributed by atoms with Crippen molar-refractivity contribution in [3.05, 3.63) is 0 Å². The quantitative estimate of drug-likeness (QED) is 0.712. The van der Waals surface area contributed by atoms with Crippen LogP contribution in [0.4, 0.5) is 4.79 Å². The van der Waals surface area contributed by atoms with Gasteiger partial charge in [-0.2, -0.15) is 0 Å². The van der Waals surface area contributed by atoms with Gasteiger partial charge in [0.15, 0.2) is 0 Å². The van der Waals surface area contributed by atoms with Crippen molar-refractivity contribution < 1.29 is 19.8 Å². The third kappa shape index (κ3) is 2.83. The van der Waals surface area contributed by atoms with Gasteiger partial charge in [0.05, 0.1) is 12.6 Å². The van der Waals surface area contributed by atoms with Gasteiger partial charge in [-0.05, 0) is 32.1 Å². The van der Waals surface area contributed by atoms with Crippen molar-refractivity contribution in [2.75, 3.05) is 13.2 Å². The number of carboxylic acids is 1. The summed E-state index contributed by atoms with van der Waals surface area (Å²) in [4.78, 5) is 25.1. The molecule has 3 N–H and O–H groups in total. The molecule has 2 aliphatic rings. The molecule has 1 heterocycles. The Hall–Kier alpha value is -1.30. The highest BCUT2D eigenvalue weighted by molar-refractivity contribution is 5.87. The first kappa shape index (κ1) is 14.1. The second-order valence-electron chi connectivity index (χ2n) is 5.55. The molecule has 1 saturated heterocycles. The van der Waals surface area contributed by atoms with Gasteiger partial charge in [-0.15, -0.1) is 0 Å². The molecule has 0 aromatic heterocycles. The summed E-state index contributed by atoms with van der Waals surface area (Å²) in [5.41, 5.74) is -1.08. The van der Waals surface area contributed by atoms with E-state index < -0.39 is 11.5 Å². The maximum Gasteiger partial charge on any atom is 0.329 e. The summed E-state index contributed by atoms with van der Waals surface area (Å²) in [5, 5.41) is 21.3. The lowest BCUT2D eigenvalue weighted by Gasteiger charge is -2.40. The number of aliphatic carboxylic acids is 1. The van der Waals surface area contributed by atoms with E-state index in [-0.39, 0.29) is 18.7 Å². The Morgan fingerprint density at radius 3 is 2.47 bits per heavy atom. The number of carboxylic acid groups (broad SMARTS) is 1. The van der Waals surface area contributed by atoms with E-state index in [1.54, 1.807) is 4.90 Å². The highest BCUT2D eigenvalue weighted by Crippen LogP contribution is 2.32. The van der Waals surface area contributed by atoms with Gasteiger partial charge in [-0.3, -0.25) is 0 Å². The monoisotopic (exact) mass is 270 g/mol. The van der Waals surface area contributed by atoms with Gasteiger partial charge >= 0.3 is 12.0 Å². The minimum absolute atomic E-state index is 0.0620. The average molecular weight is 270 g/mol. The van der Waals surface area contributed by atoms with Crippen LogP contribution >= 0.6 is 0 Å². The molecule has 1 aliphatic heterocycles. The molecule has 0 radical (unpaired) electrons. The summed E-state index contributed by atoms with van der Waals surface area (Å²) in [7, 11) is 0. The fourth-order valence-corrected chi connectivity index (χ4v) is 2.83. The van der Waals surface area contributed by atoms with E-state index in [0.717, 1.165) is 32.1 Å². The van der Waals surface area contributed by atoms with E-state index in [1.807, 2.05) is 0 Å². The fourth-order valence-electron chi connectivity index (χ4n) is 2.83. The number of aliphatic hydroxyl groups excluding tert-OH is 1. The highest BCUT2D eigenvalue weighted by atomic mass is 16.4. The molecule has 2 fully saturated rings. The zero-order valence-corrected chi connectivity index (χ0v) is 11.1. The number of rotatable bonds is 3. The molecule has 0 bridgehead atoms. The van der Waals surface area contributed by atoms with E-state index >= 15 is 0 Å². The van der Waals surface area contributed by atoms with Gasteiger partial charge in [0.1, 0.15) is 5.54 Å². The van der Waals surface area contributed by atoms with E-state index in [4.69, 9.17) is 0 Å². The van der Waals surface area contributed by atoms with Crippen molar-refractivity contribution in [3.8, 4) is 0 Å². The SMILES string of the molecule is O=C(NC1(C(=O)O)CCC1)N1CCCCCC1CO. The van der Waals surface area contributed by atoms with Crippen LogP contribution in [0.25, 0.3) is 0 Å². The zero-order valence-electron chi connectivity index (χ0n) is 11.1. The molecular formula is C13H22N2O4. The Kier molecular flexibility index (Phi) is 4.29. The third-order valence-corrected chi connectivity index (χ3v) is 4.31. The minimum Gasteiger partial charge on any atom is -0.480 e. The summed E-state index contributed by atoms with van der Waals surface area (Å²) in [5.74, 6) is -0.956. The summed E-state index contributed by atoms with van der Waals surface area (Å²) in [6.07, 6.45) is 5.55. The van der Waals surface area contributed by atoms with Crippen LogP contribution in [0.5, 0.6) is 0 Å². The molecule has 0 aromatic carbocycles. The molecule has 19 heavy (non-hydrogen) atoms. The molecule has 1 saturated carbocycles. The smallest absolute Gasteiger partial charge is 0.329 e. The van der Waals surface area contributed by atoms with Crippen LogP contribution in [0, 0.1) is 0 Å². The largest absolute Gasteiger partial charge is 0.480 e. The summed E-state index contributed by atoms with van der Waals surface area (Å²) in [6, 6.07) is -0.531. The maximum atomic E-state index is 12.3. The van der Waals surface area contributed by atoms with Gasteiger partial charge in [0, 0.05) is 6.54 Å². The second kappa shape index (κ2) is 5.77. The molecule has 1 aliphatic carbocycles. The van der Waals surface area contributed by atoms with Crippen LogP contribution < -0.4 is 5.32 Å². The van der Waals surface area contributed by atoms with Gasteiger partial charge in [0.2, 0.25) is 0 Å². The van der Waals surface area contributed by atoms with Crippen molar-refractivity contribution in [1.29, 1.82) is 0 Å². The number of likely N-dealkylation sites (tertiary alicyclic amines) is 1. The Morgan fingerprint density at radius 1 is 1.21 bits per heavy atom. The van der Waals surface area contributed by atoms with Gasteiger partial charge in [-0.1, -0.05) is 12.8 Å². The number of amides is 2. The number of aliphatic hydroxyl groups is 1. The van der Waals surface area contributed by atoms with Crippen molar-refractivity contribution in [1.82, 2.24) is 10.2 Å². The van der Waals surface area contributed by atoms with Crippen molar-refractivity contribution in [2.24, 2.45) is 0 Å². The number of nitrogens with zero attached hydrogens (tertiary/aromatic N) is 1. The number of hydrogen-bond acceptors (Lipinski definition) is 3. The number of nitrogens with one attached hydrogen (secondary N) is 1. The number of carbonyl (C=O) groups excluding carboxylic acids is 1. The van der Waals surface area contributed by atoms with Crippen molar-refractivity contribution >= 4 is 12.0 Å². The minimum atomic E-state index is -1.08. The molecule has 108 valence electrons.